The van der Waals surface area contributed by atoms with E-state index in [1.807, 2.05) is 0 Å². The van der Waals surface area contributed by atoms with Crippen molar-refractivity contribution in [3.05, 3.63) is 46.2 Å². The smallest absolute Gasteiger partial charge is 0.254 e. The Hall–Kier alpha value is -1.89. The lowest BCUT2D eigenvalue weighted by Crippen LogP contribution is -2.24. The van der Waals surface area contributed by atoms with Gasteiger partial charge in [0.25, 0.3) is 5.91 Å². The lowest BCUT2D eigenvalue weighted by Gasteiger charge is -2.04. The van der Waals surface area contributed by atoms with Crippen LogP contribution in [0.25, 0.3) is 0 Å². The number of hydrogen-bond acceptors (Lipinski definition) is 4. The summed E-state index contributed by atoms with van der Waals surface area (Å²) >= 11 is 1.36. The van der Waals surface area contributed by atoms with Gasteiger partial charge < -0.3 is 5.32 Å². The topological polar surface area (TPSA) is 54.9 Å². The predicted octanol–water partition coefficient (Wildman–Crippen LogP) is 1.75. The molecule has 0 aliphatic heterocycles. The Morgan fingerprint density at radius 1 is 1.35 bits per heavy atom. The van der Waals surface area contributed by atoms with Gasteiger partial charge in [0.15, 0.2) is 5.82 Å². The molecule has 0 spiro atoms. The number of hydrogen-bond donors (Lipinski definition) is 1. The third-order valence-electron chi connectivity index (χ3n) is 1.97. The van der Waals surface area contributed by atoms with E-state index < -0.39 is 17.7 Å². The van der Waals surface area contributed by atoms with E-state index in [4.69, 9.17) is 0 Å². The van der Waals surface area contributed by atoms with Gasteiger partial charge in [0.1, 0.15) is 5.01 Å². The Kier molecular flexibility index (Phi) is 3.38. The summed E-state index contributed by atoms with van der Waals surface area (Å²) in [6, 6.07) is 1.12. The molecule has 2 heterocycles. The summed E-state index contributed by atoms with van der Waals surface area (Å²) in [4.78, 5) is 18.6. The quantitative estimate of drug-likeness (QED) is 0.850. The van der Waals surface area contributed by atoms with Gasteiger partial charge >= 0.3 is 0 Å². The SMILES string of the molecule is O=C(NCc1nccs1)c1ccnc(F)c1F. The minimum Gasteiger partial charge on any atom is -0.345 e. The molecule has 2 aromatic heterocycles. The molecular weight excluding hydrogens is 248 g/mol. The Bertz CT molecular complexity index is 530. The number of nitrogens with zero attached hydrogens (tertiary/aromatic N) is 2. The van der Waals surface area contributed by atoms with Crippen molar-refractivity contribution in [2.75, 3.05) is 0 Å². The second-order valence-electron chi connectivity index (χ2n) is 3.07. The van der Waals surface area contributed by atoms with Gasteiger partial charge in [-0.3, -0.25) is 4.79 Å². The van der Waals surface area contributed by atoms with E-state index in [1.165, 1.54) is 11.3 Å². The first kappa shape index (κ1) is 11.6. The molecule has 17 heavy (non-hydrogen) atoms. The molecule has 0 unspecified atom stereocenters. The molecule has 0 aromatic carbocycles. The summed E-state index contributed by atoms with van der Waals surface area (Å²) in [5.74, 6) is -3.23. The van der Waals surface area contributed by atoms with Crippen LogP contribution < -0.4 is 5.32 Å². The molecule has 0 fully saturated rings. The van der Waals surface area contributed by atoms with Crippen molar-refractivity contribution in [1.29, 1.82) is 0 Å². The van der Waals surface area contributed by atoms with Crippen molar-refractivity contribution in [2.24, 2.45) is 0 Å². The highest BCUT2D eigenvalue weighted by Crippen LogP contribution is 2.09. The van der Waals surface area contributed by atoms with Gasteiger partial charge in [-0.25, -0.2) is 14.4 Å². The lowest BCUT2D eigenvalue weighted by molar-refractivity contribution is 0.0945. The Balaban J connectivity index is 2.07. The number of halogens is 2. The second kappa shape index (κ2) is 4.96. The fourth-order valence-electron chi connectivity index (χ4n) is 1.18. The minimum absolute atomic E-state index is 0.180. The number of carbonyl (C=O) groups is 1. The van der Waals surface area contributed by atoms with Gasteiger partial charge in [-0.1, -0.05) is 0 Å². The van der Waals surface area contributed by atoms with Crippen molar-refractivity contribution in [3.63, 3.8) is 0 Å². The monoisotopic (exact) mass is 255 g/mol. The zero-order valence-corrected chi connectivity index (χ0v) is 9.30. The summed E-state index contributed by atoms with van der Waals surface area (Å²) < 4.78 is 26.0. The van der Waals surface area contributed by atoms with Crippen molar-refractivity contribution in [3.8, 4) is 0 Å². The molecule has 2 rings (SSSR count). The molecule has 0 saturated carbocycles. The average molecular weight is 255 g/mol. The number of amides is 1. The Morgan fingerprint density at radius 3 is 2.88 bits per heavy atom. The molecule has 0 aliphatic rings. The number of rotatable bonds is 3. The highest BCUT2D eigenvalue weighted by molar-refractivity contribution is 7.09. The first-order valence-corrected chi connectivity index (χ1v) is 5.53. The molecule has 4 nitrogen and oxygen atoms in total. The van der Waals surface area contributed by atoms with Gasteiger partial charge in [-0.15, -0.1) is 11.3 Å². The van der Waals surface area contributed by atoms with Gasteiger partial charge in [0.05, 0.1) is 12.1 Å². The van der Waals surface area contributed by atoms with Crippen LogP contribution in [0.15, 0.2) is 23.8 Å². The maximum Gasteiger partial charge on any atom is 0.254 e. The van der Waals surface area contributed by atoms with Crippen LogP contribution in [0.5, 0.6) is 0 Å². The lowest BCUT2D eigenvalue weighted by atomic mass is 10.2. The molecular formula is C10H7F2N3OS. The van der Waals surface area contributed by atoms with E-state index in [0.29, 0.717) is 5.01 Å². The first-order valence-electron chi connectivity index (χ1n) is 4.65. The molecule has 0 aliphatic carbocycles. The van der Waals surface area contributed by atoms with E-state index in [0.717, 1.165) is 12.3 Å². The molecule has 0 radical (unpaired) electrons. The zero-order chi connectivity index (χ0) is 12.3. The summed E-state index contributed by atoms with van der Waals surface area (Å²) in [5.41, 5.74) is -0.367. The van der Waals surface area contributed by atoms with Gasteiger partial charge in [0, 0.05) is 17.8 Å². The zero-order valence-electron chi connectivity index (χ0n) is 8.48. The van der Waals surface area contributed by atoms with Crippen molar-refractivity contribution in [2.45, 2.75) is 6.54 Å². The molecule has 1 amide bonds. The molecule has 1 N–H and O–H groups in total. The van der Waals surface area contributed by atoms with Crippen LogP contribution in [0.2, 0.25) is 0 Å². The minimum atomic E-state index is -1.29. The highest BCUT2D eigenvalue weighted by atomic mass is 32.1. The summed E-state index contributed by atoms with van der Waals surface area (Å²) in [7, 11) is 0. The number of thiazole rings is 1. The molecule has 7 heteroatoms. The fraction of sp³-hybridized carbons (Fsp3) is 0.100. The summed E-state index contributed by atoms with van der Waals surface area (Å²) in [6.45, 7) is 0.180. The molecule has 0 atom stereocenters. The van der Waals surface area contributed by atoms with Gasteiger partial charge in [-0.05, 0) is 6.07 Å². The van der Waals surface area contributed by atoms with E-state index in [9.17, 15) is 13.6 Å². The van der Waals surface area contributed by atoms with Crippen LogP contribution >= 0.6 is 11.3 Å². The standard InChI is InChI=1S/C10H7F2N3OS/c11-8-6(1-2-14-9(8)12)10(16)15-5-7-13-3-4-17-7/h1-4H,5H2,(H,15,16). The maximum atomic E-state index is 13.2. The second-order valence-corrected chi connectivity index (χ2v) is 4.05. The summed E-state index contributed by atoms with van der Waals surface area (Å²) in [6.07, 6.45) is 2.63. The third kappa shape index (κ3) is 2.62. The van der Waals surface area contributed by atoms with Gasteiger partial charge in [0.2, 0.25) is 5.95 Å². The van der Waals surface area contributed by atoms with Crippen LogP contribution in [0.3, 0.4) is 0 Å². The van der Waals surface area contributed by atoms with Crippen molar-refractivity contribution >= 4 is 17.2 Å². The van der Waals surface area contributed by atoms with E-state index in [2.05, 4.69) is 15.3 Å². The molecule has 88 valence electrons. The molecule has 2 aromatic rings. The molecule has 0 bridgehead atoms. The maximum absolute atomic E-state index is 13.2. The normalized spacial score (nSPS) is 10.2. The summed E-state index contributed by atoms with van der Waals surface area (Å²) in [5, 5.41) is 4.89. The van der Waals surface area contributed by atoms with Crippen LogP contribution in [0.1, 0.15) is 15.4 Å². The largest absolute Gasteiger partial charge is 0.345 e. The first-order chi connectivity index (χ1) is 8.18. The average Bonchev–Trinajstić information content (AvgIpc) is 2.82. The fourth-order valence-corrected chi connectivity index (χ4v) is 1.74. The van der Waals surface area contributed by atoms with E-state index in [1.54, 1.807) is 11.6 Å². The predicted molar refractivity (Wildman–Crippen MR) is 57.4 cm³/mol. The number of aromatic nitrogens is 2. The number of carbonyl (C=O) groups excluding carboxylic acids is 1. The van der Waals surface area contributed by atoms with E-state index in [-0.39, 0.29) is 12.1 Å². The number of nitrogens with one attached hydrogen (secondary N) is 1. The molecule has 0 saturated heterocycles. The van der Waals surface area contributed by atoms with Crippen LogP contribution in [-0.4, -0.2) is 15.9 Å². The van der Waals surface area contributed by atoms with Crippen molar-refractivity contribution in [1.82, 2.24) is 15.3 Å². The van der Waals surface area contributed by atoms with E-state index >= 15 is 0 Å². The third-order valence-corrected chi connectivity index (χ3v) is 2.75. The van der Waals surface area contributed by atoms with Crippen LogP contribution in [0.4, 0.5) is 8.78 Å². The van der Waals surface area contributed by atoms with Crippen LogP contribution in [-0.2, 0) is 6.54 Å². The Labute approximate surface area is 99.3 Å². The highest BCUT2D eigenvalue weighted by Gasteiger charge is 2.15. The van der Waals surface area contributed by atoms with Crippen LogP contribution in [0, 0.1) is 11.8 Å². The van der Waals surface area contributed by atoms with Crippen molar-refractivity contribution < 1.29 is 13.6 Å². The number of pyridine rings is 1. The Morgan fingerprint density at radius 2 is 2.18 bits per heavy atom. The van der Waals surface area contributed by atoms with Gasteiger partial charge in [-0.2, -0.15) is 4.39 Å².